The van der Waals surface area contributed by atoms with Crippen LogP contribution in [0.4, 0.5) is 0 Å². The van der Waals surface area contributed by atoms with Gasteiger partial charge in [-0.25, -0.2) is 0 Å². The highest BCUT2D eigenvalue weighted by atomic mass is 15.3. The van der Waals surface area contributed by atoms with Gasteiger partial charge in [0.05, 0.1) is 0 Å². The van der Waals surface area contributed by atoms with Crippen LogP contribution in [0.2, 0.25) is 0 Å². The van der Waals surface area contributed by atoms with E-state index in [0.29, 0.717) is 11.8 Å². The van der Waals surface area contributed by atoms with E-state index in [1.165, 1.54) is 25.2 Å². The molecule has 1 aliphatic heterocycles. The maximum absolute atomic E-state index is 2.46. The molecule has 2 atom stereocenters. The van der Waals surface area contributed by atoms with Crippen LogP contribution in [0.15, 0.2) is 23.9 Å². The van der Waals surface area contributed by atoms with Crippen LogP contribution in [0.5, 0.6) is 0 Å². The van der Waals surface area contributed by atoms with Crippen molar-refractivity contribution in [3.05, 3.63) is 23.9 Å². The lowest BCUT2D eigenvalue weighted by Gasteiger charge is -2.15. The average molecular weight is 193 g/mol. The molecule has 0 saturated carbocycles. The van der Waals surface area contributed by atoms with Gasteiger partial charge in [-0.3, -0.25) is 0 Å². The number of hydrogen-bond acceptors (Lipinski definition) is 1. The van der Waals surface area contributed by atoms with E-state index in [2.05, 4.69) is 50.8 Å². The summed E-state index contributed by atoms with van der Waals surface area (Å²) in [4.78, 5) is 2.46. The molecule has 1 heterocycles. The Morgan fingerprint density at radius 3 is 2.36 bits per heavy atom. The third kappa shape index (κ3) is 3.21. The molecule has 0 amide bonds. The largest absolute Gasteiger partial charge is 0.372 e. The quantitative estimate of drug-likeness (QED) is 0.477. The van der Waals surface area contributed by atoms with Crippen LogP contribution >= 0.6 is 0 Å². The smallest absolute Gasteiger partial charge is 0.0351 e. The van der Waals surface area contributed by atoms with Crippen molar-refractivity contribution in [3.63, 3.8) is 0 Å². The Bertz CT molecular complexity index is 223. The van der Waals surface area contributed by atoms with Crippen molar-refractivity contribution in [1.29, 1.82) is 0 Å². The summed E-state index contributed by atoms with van der Waals surface area (Å²) in [5.41, 5.74) is 1.54. The average Bonchev–Trinajstić information content (AvgIpc) is 2.97. The molecule has 0 N–H and O–H groups in total. The Morgan fingerprint density at radius 1 is 1.29 bits per heavy atom. The highest BCUT2D eigenvalue weighted by molar-refractivity contribution is 5.09. The zero-order valence-electron chi connectivity index (χ0n) is 9.96. The van der Waals surface area contributed by atoms with Crippen LogP contribution in [-0.2, 0) is 0 Å². The molecule has 1 nitrogen and oxygen atoms in total. The molecule has 1 saturated heterocycles. The fourth-order valence-electron chi connectivity index (χ4n) is 1.72. The van der Waals surface area contributed by atoms with Gasteiger partial charge in [-0.2, -0.15) is 0 Å². The van der Waals surface area contributed by atoms with Crippen LogP contribution in [-0.4, -0.2) is 18.0 Å². The topological polar surface area (TPSA) is 3.01 Å². The van der Waals surface area contributed by atoms with Gasteiger partial charge in [-0.05, 0) is 25.2 Å². The van der Waals surface area contributed by atoms with Crippen molar-refractivity contribution in [3.8, 4) is 0 Å². The minimum Gasteiger partial charge on any atom is -0.372 e. The van der Waals surface area contributed by atoms with Gasteiger partial charge in [0.25, 0.3) is 0 Å². The van der Waals surface area contributed by atoms with Gasteiger partial charge in [0.2, 0.25) is 0 Å². The van der Waals surface area contributed by atoms with E-state index in [1.54, 1.807) is 0 Å². The highest BCUT2D eigenvalue weighted by Gasteiger charge is 2.20. The minimum atomic E-state index is 0.654. The summed E-state index contributed by atoms with van der Waals surface area (Å²) in [6.45, 7) is 11.5. The molecule has 2 unspecified atom stereocenters. The van der Waals surface area contributed by atoms with E-state index in [9.17, 15) is 0 Å². The normalized spacial score (nSPS) is 21.4. The number of allylic oxidation sites excluding steroid dienone is 4. The summed E-state index contributed by atoms with van der Waals surface area (Å²) < 4.78 is 0. The first-order chi connectivity index (χ1) is 6.69. The second kappa shape index (κ2) is 5.23. The lowest BCUT2D eigenvalue weighted by Crippen LogP contribution is -2.06. The number of nitrogens with zero attached hydrogens (tertiary/aromatic N) is 1. The Balaban J connectivity index is 2.54. The zero-order valence-corrected chi connectivity index (χ0v) is 9.96. The van der Waals surface area contributed by atoms with Crippen LogP contribution < -0.4 is 0 Å². The second-order valence-corrected chi connectivity index (χ2v) is 4.24. The molecule has 1 rings (SSSR count). The zero-order chi connectivity index (χ0) is 10.6. The van der Waals surface area contributed by atoms with Crippen LogP contribution in [0.3, 0.4) is 0 Å². The summed E-state index contributed by atoms with van der Waals surface area (Å²) in [5.74, 6) is 1.31. The Kier molecular flexibility index (Phi) is 4.24. The molecule has 0 aromatic carbocycles. The molecule has 0 aromatic heterocycles. The summed E-state index contributed by atoms with van der Waals surface area (Å²) in [5, 5.41) is 0. The van der Waals surface area contributed by atoms with Gasteiger partial charge in [0.1, 0.15) is 0 Å². The lowest BCUT2D eigenvalue weighted by molar-refractivity contribution is 0.535. The first-order valence-electron chi connectivity index (χ1n) is 5.77. The van der Waals surface area contributed by atoms with Gasteiger partial charge in [0, 0.05) is 18.8 Å². The third-order valence-electron chi connectivity index (χ3n) is 3.00. The van der Waals surface area contributed by atoms with E-state index >= 15 is 0 Å². The van der Waals surface area contributed by atoms with Gasteiger partial charge in [0.15, 0.2) is 0 Å². The highest BCUT2D eigenvalue weighted by Crippen LogP contribution is 2.22. The van der Waals surface area contributed by atoms with Crippen molar-refractivity contribution in [2.75, 3.05) is 13.1 Å². The molecular formula is C13H23N. The van der Waals surface area contributed by atoms with Crippen molar-refractivity contribution in [2.24, 2.45) is 11.8 Å². The molecule has 0 bridgehead atoms. The maximum Gasteiger partial charge on any atom is 0.0351 e. The van der Waals surface area contributed by atoms with E-state index < -0.39 is 0 Å². The first-order valence-corrected chi connectivity index (χ1v) is 5.77. The Labute approximate surface area is 88.5 Å². The molecule has 1 heteroatoms. The third-order valence-corrected chi connectivity index (χ3v) is 3.00. The van der Waals surface area contributed by atoms with Crippen LogP contribution in [0.25, 0.3) is 0 Å². The Hall–Kier alpha value is -0.720. The summed E-state index contributed by atoms with van der Waals surface area (Å²) in [6, 6.07) is 0. The summed E-state index contributed by atoms with van der Waals surface area (Å²) >= 11 is 0. The predicted molar refractivity (Wildman–Crippen MR) is 63.1 cm³/mol. The van der Waals surface area contributed by atoms with Gasteiger partial charge in [-0.15, -0.1) is 0 Å². The fraction of sp³-hybridized carbons (Fsp3) is 0.692. The minimum absolute atomic E-state index is 0.654. The predicted octanol–water partition coefficient (Wildman–Crippen LogP) is 3.44. The molecular weight excluding hydrogens is 170 g/mol. The standard InChI is InChI=1S/C13H23N/c1-5-7-11(3)12(4)10-13(6-2)14-8-9-14/h5,7,10-12H,6,8-9H2,1-4H3/b7-5-,13-10+. The van der Waals surface area contributed by atoms with Gasteiger partial charge < -0.3 is 4.90 Å². The van der Waals surface area contributed by atoms with Crippen molar-refractivity contribution in [1.82, 2.24) is 4.90 Å². The summed E-state index contributed by atoms with van der Waals surface area (Å²) in [6.07, 6.45) is 8.05. The van der Waals surface area contributed by atoms with E-state index in [4.69, 9.17) is 0 Å². The van der Waals surface area contributed by atoms with Crippen LogP contribution in [0, 0.1) is 11.8 Å². The SMILES string of the molecule is C/C=C\C(C)C(C)/C=C(\CC)N1CC1. The monoisotopic (exact) mass is 193 g/mol. The van der Waals surface area contributed by atoms with Crippen molar-refractivity contribution >= 4 is 0 Å². The molecule has 1 fully saturated rings. The molecule has 0 aliphatic carbocycles. The second-order valence-electron chi connectivity index (χ2n) is 4.24. The van der Waals surface area contributed by atoms with Crippen molar-refractivity contribution in [2.45, 2.75) is 34.1 Å². The van der Waals surface area contributed by atoms with Crippen LogP contribution in [0.1, 0.15) is 34.1 Å². The fourth-order valence-corrected chi connectivity index (χ4v) is 1.72. The van der Waals surface area contributed by atoms with E-state index in [1.807, 2.05) is 0 Å². The number of rotatable bonds is 5. The first kappa shape index (κ1) is 11.4. The maximum atomic E-state index is 2.46. The van der Waals surface area contributed by atoms with E-state index in [-0.39, 0.29) is 0 Å². The molecule has 0 radical (unpaired) electrons. The molecule has 0 spiro atoms. The molecule has 0 aromatic rings. The summed E-state index contributed by atoms with van der Waals surface area (Å²) in [7, 11) is 0. The Morgan fingerprint density at radius 2 is 1.93 bits per heavy atom. The molecule has 80 valence electrons. The molecule has 1 aliphatic rings. The van der Waals surface area contributed by atoms with E-state index in [0.717, 1.165) is 0 Å². The lowest BCUT2D eigenvalue weighted by atomic mass is 9.94. The van der Waals surface area contributed by atoms with Gasteiger partial charge in [-0.1, -0.05) is 39.0 Å². The van der Waals surface area contributed by atoms with Gasteiger partial charge >= 0.3 is 0 Å². The number of hydrogen-bond donors (Lipinski definition) is 0. The molecule has 14 heavy (non-hydrogen) atoms. The van der Waals surface area contributed by atoms with Crippen molar-refractivity contribution < 1.29 is 0 Å².